The van der Waals surface area contributed by atoms with E-state index in [9.17, 15) is 0 Å². The molecule has 0 aliphatic heterocycles. The third kappa shape index (κ3) is 4.53. The Balaban J connectivity index is 2.36. The Hall–Kier alpha value is 0.0900. The van der Waals surface area contributed by atoms with Crippen molar-refractivity contribution in [2.24, 2.45) is 0 Å². The number of nitrogens with one attached hydrogen (secondary N) is 1. The van der Waals surface area contributed by atoms with Gasteiger partial charge in [0.15, 0.2) is 8.29 Å². The highest BCUT2D eigenvalue weighted by Crippen LogP contribution is 2.20. The number of aromatic amines is 1. The van der Waals surface area contributed by atoms with Crippen molar-refractivity contribution in [2.75, 3.05) is 12.3 Å². The van der Waals surface area contributed by atoms with Crippen LogP contribution in [0.4, 0.5) is 0 Å². The summed E-state index contributed by atoms with van der Waals surface area (Å²) in [7, 11) is 0. The maximum absolute atomic E-state index is 4.99. The predicted molar refractivity (Wildman–Crippen MR) is 75.0 cm³/mol. The van der Waals surface area contributed by atoms with Crippen LogP contribution < -0.4 is 0 Å². The van der Waals surface area contributed by atoms with Gasteiger partial charge in [-0.1, -0.05) is 23.1 Å². The fraction of sp³-hybridized carbons (Fsp3) is 0.800. The van der Waals surface area contributed by atoms with Gasteiger partial charge in [-0.2, -0.15) is 5.10 Å². The van der Waals surface area contributed by atoms with Crippen LogP contribution in [0, 0.1) is 3.95 Å². The van der Waals surface area contributed by atoms with Crippen molar-refractivity contribution in [1.82, 2.24) is 15.1 Å². The molecule has 1 N–H and O–H groups in total. The van der Waals surface area contributed by atoms with E-state index < -0.39 is 0 Å². The van der Waals surface area contributed by atoms with Crippen molar-refractivity contribution < 1.29 is 0 Å². The Labute approximate surface area is 111 Å². The van der Waals surface area contributed by atoms with E-state index in [1.165, 1.54) is 0 Å². The molecule has 0 saturated heterocycles. The maximum atomic E-state index is 4.99. The van der Waals surface area contributed by atoms with Crippen LogP contribution in [0.5, 0.6) is 0 Å². The van der Waals surface area contributed by atoms with Crippen molar-refractivity contribution in [2.45, 2.75) is 44.1 Å². The highest BCUT2D eigenvalue weighted by atomic mass is 32.2. The van der Waals surface area contributed by atoms with Gasteiger partial charge in [0.05, 0.1) is 0 Å². The molecule has 0 aliphatic rings. The lowest BCUT2D eigenvalue weighted by Crippen LogP contribution is -2.38. The van der Waals surface area contributed by atoms with E-state index in [-0.39, 0.29) is 0 Å². The van der Waals surface area contributed by atoms with E-state index in [1.54, 1.807) is 23.1 Å². The maximum Gasteiger partial charge on any atom is 0.177 e. The fourth-order valence-electron chi connectivity index (χ4n) is 1.63. The minimum Gasteiger partial charge on any atom is -0.298 e. The summed E-state index contributed by atoms with van der Waals surface area (Å²) in [5, 5.41) is 6.94. The smallest absolute Gasteiger partial charge is 0.177 e. The van der Waals surface area contributed by atoms with Gasteiger partial charge in [-0.25, -0.2) is 0 Å². The summed E-state index contributed by atoms with van der Waals surface area (Å²) in [5.74, 6) is 1.06. The van der Waals surface area contributed by atoms with E-state index in [1.807, 2.05) is 0 Å². The van der Waals surface area contributed by atoms with Crippen molar-refractivity contribution in [3.05, 3.63) is 3.95 Å². The molecule has 0 spiro atoms. The molecule has 3 nitrogen and oxygen atoms in total. The van der Waals surface area contributed by atoms with Crippen LogP contribution in [-0.4, -0.2) is 39.5 Å². The van der Waals surface area contributed by atoms with E-state index >= 15 is 0 Å². The van der Waals surface area contributed by atoms with Crippen LogP contribution >= 0.6 is 35.3 Å². The van der Waals surface area contributed by atoms with Crippen LogP contribution in [-0.2, 0) is 0 Å². The summed E-state index contributed by atoms with van der Waals surface area (Å²) in [4.78, 5) is 2.49. The molecule has 16 heavy (non-hydrogen) atoms. The van der Waals surface area contributed by atoms with Gasteiger partial charge in [-0.05, 0) is 39.9 Å². The Kier molecular flexibility index (Phi) is 5.96. The molecule has 1 rings (SSSR count). The molecule has 0 radical (unpaired) electrons. The number of rotatable bonds is 6. The Morgan fingerprint density at radius 3 is 2.44 bits per heavy atom. The fourth-order valence-corrected chi connectivity index (χ4v) is 3.73. The highest BCUT2D eigenvalue weighted by Gasteiger charge is 2.12. The first kappa shape index (κ1) is 14.2. The first-order chi connectivity index (χ1) is 7.50. The number of thioether (sulfide) groups is 1. The van der Waals surface area contributed by atoms with E-state index in [2.05, 4.69) is 42.8 Å². The second-order valence-corrected chi connectivity index (χ2v) is 7.16. The molecule has 0 saturated carbocycles. The number of hydrogen-bond acceptors (Lipinski definition) is 5. The van der Waals surface area contributed by atoms with Gasteiger partial charge >= 0.3 is 0 Å². The van der Waals surface area contributed by atoms with E-state index in [0.29, 0.717) is 12.1 Å². The first-order valence-corrected chi connectivity index (χ1v) is 7.65. The monoisotopic (exact) mass is 277 g/mol. The highest BCUT2D eigenvalue weighted by molar-refractivity contribution is 8.01. The Morgan fingerprint density at radius 2 is 2.00 bits per heavy atom. The summed E-state index contributed by atoms with van der Waals surface area (Å²) < 4.78 is 1.80. The minimum atomic E-state index is 0.595. The molecule has 1 aromatic rings. The lowest BCUT2D eigenvalue weighted by atomic mass is 10.2. The number of aromatic nitrogens is 2. The SMILES string of the molecule is CC(C)N(CCSc1n[nH]c(=S)s1)C(C)C. The molecule has 0 aliphatic carbocycles. The van der Waals surface area contributed by atoms with Crippen LogP contribution in [0.2, 0.25) is 0 Å². The van der Waals surface area contributed by atoms with Gasteiger partial charge in [0.25, 0.3) is 0 Å². The van der Waals surface area contributed by atoms with E-state index in [4.69, 9.17) is 12.2 Å². The zero-order valence-electron chi connectivity index (χ0n) is 10.2. The summed E-state index contributed by atoms with van der Waals surface area (Å²) in [6, 6.07) is 1.19. The molecule has 1 heterocycles. The topological polar surface area (TPSA) is 31.9 Å². The molecular formula is C10H19N3S3. The van der Waals surface area contributed by atoms with Gasteiger partial charge < -0.3 is 0 Å². The van der Waals surface area contributed by atoms with Gasteiger partial charge in [0, 0.05) is 24.4 Å². The summed E-state index contributed by atoms with van der Waals surface area (Å²) >= 11 is 8.32. The molecule has 6 heteroatoms. The van der Waals surface area contributed by atoms with Crippen LogP contribution in [0.15, 0.2) is 4.34 Å². The predicted octanol–water partition coefficient (Wildman–Crippen LogP) is 3.41. The average Bonchev–Trinajstić information content (AvgIpc) is 2.57. The Morgan fingerprint density at radius 1 is 1.38 bits per heavy atom. The molecule has 1 aromatic heterocycles. The quantitative estimate of drug-likeness (QED) is 0.638. The lowest BCUT2D eigenvalue weighted by molar-refractivity contribution is 0.187. The Bertz CT molecular complexity index is 348. The summed E-state index contributed by atoms with van der Waals surface area (Å²) in [5.41, 5.74) is 0. The first-order valence-electron chi connectivity index (χ1n) is 5.44. The van der Waals surface area contributed by atoms with Gasteiger partial charge in [0.1, 0.15) is 0 Å². The molecule has 0 amide bonds. The molecule has 0 unspecified atom stereocenters. The molecule has 92 valence electrons. The van der Waals surface area contributed by atoms with Crippen LogP contribution in [0.3, 0.4) is 0 Å². The number of H-pyrrole nitrogens is 1. The van der Waals surface area contributed by atoms with Crippen molar-refractivity contribution >= 4 is 35.3 Å². The molecule has 0 fully saturated rings. The van der Waals surface area contributed by atoms with Crippen molar-refractivity contribution in [3.8, 4) is 0 Å². The third-order valence-electron chi connectivity index (χ3n) is 2.32. The van der Waals surface area contributed by atoms with Gasteiger partial charge in [0.2, 0.25) is 0 Å². The molecular weight excluding hydrogens is 258 g/mol. The van der Waals surface area contributed by atoms with Crippen molar-refractivity contribution in [1.29, 1.82) is 0 Å². The zero-order chi connectivity index (χ0) is 12.1. The van der Waals surface area contributed by atoms with E-state index in [0.717, 1.165) is 20.6 Å². The lowest BCUT2D eigenvalue weighted by Gasteiger charge is -2.30. The normalized spacial score (nSPS) is 11.9. The molecule has 0 aromatic carbocycles. The van der Waals surface area contributed by atoms with Crippen molar-refractivity contribution in [3.63, 3.8) is 0 Å². The second kappa shape index (κ2) is 6.74. The molecule has 0 atom stereocenters. The van der Waals surface area contributed by atoms with Gasteiger partial charge in [-0.3, -0.25) is 10.00 Å². The van der Waals surface area contributed by atoms with Gasteiger partial charge in [-0.15, -0.1) is 0 Å². The minimum absolute atomic E-state index is 0.595. The summed E-state index contributed by atoms with van der Waals surface area (Å²) in [6.07, 6.45) is 0. The third-order valence-corrected chi connectivity index (χ3v) is 4.53. The zero-order valence-corrected chi connectivity index (χ0v) is 12.6. The standard InChI is InChI=1S/C10H19N3S3/c1-7(2)13(8(3)4)5-6-15-10-12-11-9(14)16-10/h7-8H,5-6H2,1-4H3,(H,11,14). The average molecular weight is 277 g/mol. The summed E-state index contributed by atoms with van der Waals surface area (Å²) in [6.45, 7) is 10.0. The number of nitrogens with zero attached hydrogens (tertiary/aromatic N) is 2. The largest absolute Gasteiger partial charge is 0.298 e. The second-order valence-electron chi connectivity index (χ2n) is 4.15. The van der Waals surface area contributed by atoms with Crippen LogP contribution in [0.25, 0.3) is 0 Å². The van der Waals surface area contributed by atoms with Crippen LogP contribution in [0.1, 0.15) is 27.7 Å². The molecule has 0 bridgehead atoms. The number of hydrogen-bond donors (Lipinski definition) is 1.